The average Bonchev–Trinajstić information content (AvgIpc) is 3.15. The molecule has 2 aromatic carbocycles. The summed E-state index contributed by atoms with van der Waals surface area (Å²) in [7, 11) is 0. The van der Waals surface area contributed by atoms with Gasteiger partial charge >= 0.3 is 0 Å². The van der Waals surface area contributed by atoms with Crippen LogP contribution in [0.15, 0.2) is 72.9 Å². The maximum Gasteiger partial charge on any atom is 0.229 e. The molecular weight excluding hydrogens is 381 g/mol. The van der Waals surface area contributed by atoms with Gasteiger partial charge in [0.1, 0.15) is 5.82 Å². The Hall–Kier alpha value is -3.80. The maximum atomic E-state index is 14.0. The van der Waals surface area contributed by atoms with E-state index in [1.807, 2.05) is 48.6 Å². The van der Waals surface area contributed by atoms with Crippen LogP contribution in [0.1, 0.15) is 17.7 Å². The van der Waals surface area contributed by atoms with E-state index >= 15 is 0 Å². The minimum Gasteiger partial charge on any atom is -0.326 e. The number of amides is 2. The number of anilines is 2. The van der Waals surface area contributed by atoms with Crippen molar-refractivity contribution in [2.75, 3.05) is 16.8 Å². The van der Waals surface area contributed by atoms with Crippen molar-refractivity contribution in [3.63, 3.8) is 0 Å². The number of pyridine rings is 1. The summed E-state index contributed by atoms with van der Waals surface area (Å²) in [5.41, 5.74) is 2.60. The number of carbonyl (C=O) groups is 2. The van der Waals surface area contributed by atoms with Crippen molar-refractivity contribution < 1.29 is 14.0 Å². The van der Waals surface area contributed by atoms with Crippen LogP contribution in [0.5, 0.6) is 0 Å². The van der Waals surface area contributed by atoms with Crippen LogP contribution in [-0.2, 0) is 9.59 Å². The van der Waals surface area contributed by atoms with Gasteiger partial charge in [-0.05, 0) is 48.0 Å². The summed E-state index contributed by atoms with van der Waals surface area (Å²) in [5.74, 6) is -1.52. The van der Waals surface area contributed by atoms with Gasteiger partial charge in [0.2, 0.25) is 11.8 Å². The summed E-state index contributed by atoms with van der Waals surface area (Å²) in [6.45, 7) is 0.158. The summed E-state index contributed by atoms with van der Waals surface area (Å²) >= 11 is 0. The molecule has 1 aliphatic rings. The lowest BCUT2D eigenvalue weighted by atomic mass is 10.1. The van der Waals surface area contributed by atoms with E-state index in [1.165, 1.54) is 11.0 Å². The fourth-order valence-corrected chi connectivity index (χ4v) is 3.41. The number of nitrogens with one attached hydrogen (secondary N) is 1. The van der Waals surface area contributed by atoms with Gasteiger partial charge in [-0.1, -0.05) is 36.4 Å². The Morgan fingerprint density at radius 2 is 1.90 bits per heavy atom. The first-order valence-corrected chi connectivity index (χ1v) is 9.65. The lowest BCUT2D eigenvalue weighted by Crippen LogP contribution is -2.28. The first kappa shape index (κ1) is 19.5. The van der Waals surface area contributed by atoms with E-state index in [0.29, 0.717) is 5.69 Å². The van der Waals surface area contributed by atoms with Gasteiger partial charge in [-0.25, -0.2) is 4.39 Å². The Morgan fingerprint density at radius 1 is 1.07 bits per heavy atom. The SMILES string of the molecule is O=C(Nc1cccc(/C=C/c2ccccn2)c1)[C@@H]1CC(=O)N(c2ccccc2F)C1. The molecule has 0 radical (unpaired) electrons. The molecule has 30 heavy (non-hydrogen) atoms. The average molecular weight is 401 g/mol. The molecule has 0 aliphatic carbocycles. The fraction of sp³-hybridized carbons (Fsp3) is 0.125. The minimum absolute atomic E-state index is 0.0550. The molecule has 2 amide bonds. The standard InChI is InChI=1S/C24H20FN3O2/c25-21-9-1-2-10-22(21)28-16-18(15-23(28)29)24(30)27-20-8-5-6-17(14-20)11-12-19-7-3-4-13-26-19/h1-14,18H,15-16H2,(H,27,30)/b12-11+/t18-/m1/s1. The predicted octanol–water partition coefficient (Wildman–Crippen LogP) is 4.38. The van der Waals surface area contributed by atoms with Gasteiger partial charge in [0.05, 0.1) is 17.3 Å². The highest BCUT2D eigenvalue weighted by Crippen LogP contribution is 2.28. The van der Waals surface area contributed by atoms with E-state index in [9.17, 15) is 14.0 Å². The van der Waals surface area contributed by atoms with E-state index in [0.717, 1.165) is 11.3 Å². The van der Waals surface area contributed by atoms with Gasteiger partial charge < -0.3 is 10.2 Å². The Morgan fingerprint density at radius 3 is 2.70 bits per heavy atom. The Balaban J connectivity index is 1.42. The van der Waals surface area contributed by atoms with Crippen molar-refractivity contribution in [2.24, 2.45) is 5.92 Å². The van der Waals surface area contributed by atoms with Crippen molar-refractivity contribution in [1.82, 2.24) is 4.98 Å². The van der Waals surface area contributed by atoms with Gasteiger partial charge in [0.15, 0.2) is 0 Å². The minimum atomic E-state index is -0.537. The zero-order valence-corrected chi connectivity index (χ0v) is 16.2. The zero-order valence-electron chi connectivity index (χ0n) is 16.2. The number of halogens is 1. The van der Waals surface area contributed by atoms with Crippen molar-refractivity contribution >= 4 is 35.3 Å². The van der Waals surface area contributed by atoms with E-state index in [4.69, 9.17) is 0 Å². The molecule has 1 aromatic heterocycles. The smallest absolute Gasteiger partial charge is 0.229 e. The van der Waals surface area contributed by atoms with Crippen LogP contribution in [0.4, 0.5) is 15.8 Å². The van der Waals surface area contributed by atoms with Crippen molar-refractivity contribution in [3.05, 3.63) is 90.0 Å². The fourth-order valence-electron chi connectivity index (χ4n) is 3.41. The summed E-state index contributed by atoms with van der Waals surface area (Å²) < 4.78 is 14.0. The summed E-state index contributed by atoms with van der Waals surface area (Å²) in [6.07, 6.45) is 5.59. The molecule has 0 spiro atoms. The van der Waals surface area contributed by atoms with Crippen LogP contribution in [0, 0.1) is 11.7 Å². The predicted molar refractivity (Wildman–Crippen MR) is 115 cm³/mol. The Labute approximate surface area is 173 Å². The molecule has 6 heteroatoms. The number of benzene rings is 2. The van der Waals surface area contributed by atoms with Crippen molar-refractivity contribution in [3.8, 4) is 0 Å². The number of nitrogens with zero attached hydrogens (tertiary/aromatic N) is 2. The number of para-hydroxylation sites is 1. The molecular formula is C24H20FN3O2. The normalized spacial score (nSPS) is 16.2. The second-order valence-electron chi connectivity index (χ2n) is 7.06. The Bertz CT molecular complexity index is 1100. The maximum absolute atomic E-state index is 14.0. The highest BCUT2D eigenvalue weighted by Gasteiger charge is 2.36. The molecule has 1 atom stereocenters. The van der Waals surface area contributed by atoms with E-state index < -0.39 is 11.7 Å². The van der Waals surface area contributed by atoms with Crippen LogP contribution in [0.25, 0.3) is 12.2 Å². The number of hydrogen-bond donors (Lipinski definition) is 1. The van der Waals surface area contributed by atoms with Crippen LogP contribution < -0.4 is 10.2 Å². The Kier molecular flexibility index (Phi) is 5.66. The quantitative estimate of drug-likeness (QED) is 0.690. The molecule has 5 nitrogen and oxygen atoms in total. The summed E-state index contributed by atoms with van der Waals surface area (Å²) in [6, 6.07) is 19.2. The second kappa shape index (κ2) is 8.69. The molecule has 1 saturated heterocycles. The highest BCUT2D eigenvalue weighted by molar-refractivity contribution is 6.03. The van der Waals surface area contributed by atoms with Crippen LogP contribution in [-0.4, -0.2) is 23.3 Å². The summed E-state index contributed by atoms with van der Waals surface area (Å²) in [5, 5.41) is 2.87. The van der Waals surface area contributed by atoms with Crippen molar-refractivity contribution in [1.29, 1.82) is 0 Å². The molecule has 0 bridgehead atoms. The zero-order chi connectivity index (χ0) is 20.9. The van der Waals surface area contributed by atoms with E-state index in [-0.39, 0.29) is 30.5 Å². The molecule has 3 aromatic rings. The second-order valence-corrected chi connectivity index (χ2v) is 7.06. The van der Waals surface area contributed by atoms with E-state index in [2.05, 4.69) is 10.3 Å². The molecule has 1 N–H and O–H groups in total. The summed E-state index contributed by atoms with van der Waals surface area (Å²) in [4.78, 5) is 30.6. The third-order valence-corrected chi connectivity index (χ3v) is 4.93. The number of aromatic nitrogens is 1. The topological polar surface area (TPSA) is 62.3 Å². The number of carbonyl (C=O) groups excluding carboxylic acids is 2. The molecule has 0 unspecified atom stereocenters. The lowest BCUT2D eigenvalue weighted by Gasteiger charge is -2.17. The molecule has 1 fully saturated rings. The highest BCUT2D eigenvalue weighted by atomic mass is 19.1. The van der Waals surface area contributed by atoms with Crippen LogP contribution in [0.3, 0.4) is 0 Å². The van der Waals surface area contributed by atoms with Gasteiger partial charge in [0, 0.05) is 24.8 Å². The van der Waals surface area contributed by atoms with Crippen molar-refractivity contribution in [2.45, 2.75) is 6.42 Å². The van der Waals surface area contributed by atoms with E-state index in [1.54, 1.807) is 30.5 Å². The van der Waals surface area contributed by atoms with Gasteiger partial charge in [-0.15, -0.1) is 0 Å². The number of hydrogen-bond acceptors (Lipinski definition) is 3. The third kappa shape index (κ3) is 4.43. The molecule has 0 saturated carbocycles. The lowest BCUT2D eigenvalue weighted by molar-refractivity contribution is -0.122. The molecule has 4 rings (SSSR count). The van der Waals surface area contributed by atoms with Crippen LogP contribution in [0.2, 0.25) is 0 Å². The third-order valence-electron chi connectivity index (χ3n) is 4.93. The first-order valence-electron chi connectivity index (χ1n) is 9.65. The van der Waals surface area contributed by atoms with Gasteiger partial charge in [-0.3, -0.25) is 14.6 Å². The first-order chi connectivity index (χ1) is 14.6. The number of rotatable bonds is 5. The monoisotopic (exact) mass is 401 g/mol. The van der Waals surface area contributed by atoms with Gasteiger partial charge in [-0.2, -0.15) is 0 Å². The van der Waals surface area contributed by atoms with Crippen LogP contribution >= 0.6 is 0 Å². The molecule has 1 aliphatic heterocycles. The molecule has 2 heterocycles. The molecule has 150 valence electrons. The van der Waals surface area contributed by atoms with Gasteiger partial charge in [0.25, 0.3) is 0 Å². The largest absolute Gasteiger partial charge is 0.326 e.